The van der Waals surface area contributed by atoms with Crippen LogP contribution in [0.2, 0.25) is 0 Å². The summed E-state index contributed by atoms with van der Waals surface area (Å²) >= 11 is 1.32. The van der Waals surface area contributed by atoms with Crippen molar-refractivity contribution < 1.29 is 14.7 Å². The summed E-state index contributed by atoms with van der Waals surface area (Å²) in [5.41, 5.74) is 2.02. The molecule has 0 bridgehead atoms. The summed E-state index contributed by atoms with van der Waals surface area (Å²) in [6.45, 7) is 11.0. The van der Waals surface area contributed by atoms with Crippen molar-refractivity contribution in [3.8, 4) is 11.1 Å². The molecule has 2 N–H and O–H groups in total. The normalized spacial score (nSPS) is 16.5. The van der Waals surface area contributed by atoms with Crippen LogP contribution in [0, 0.1) is 22.7 Å². The number of thiophene rings is 1. The van der Waals surface area contributed by atoms with Gasteiger partial charge in [-0.15, -0.1) is 11.3 Å². The molecule has 3 aromatic heterocycles. The summed E-state index contributed by atoms with van der Waals surface area (Å²) in [6.07, 6.45) is 6.80. The van der Waals surface area contributed by atoms with E-state index in [1.54, 1.807) is 27.9 Å². The first kappa shape index (κ1) is 31.2. The summed E-state index contributed by atoms with van der Waals surface area (Å²) in [6, 6.07) is 13.0. The number of aliphatic hydroxyl groups is 1. The van der Waals surface area contributed by atoms with Crippen LogP contribution in [-0.4, -0.2) is 53.7 Å². The van der Waals surface area contributed by atoms with Gasteiger partial charge in [-0.1, -0.05) is 46.8 Å². The number of allylic oxidation sites excluding steroid dienone is 1. The highest BCUT2D eigenvalue weighted by molar-refractivity contribution is 7.16. The van der Waals surface area contributed by atoms with Crippen molar-refractivity contribution in [3.63, 3.8) is 0 Å². The Morgan fingerprint density at radius 3 is 2.73 bits per heavy atom. The first-order chi connectivity index (χ1) is 20.9. The van der Waals surface area contributed by atoms with E-state index in [9.17, 15) is 20.0 Å². The molecule has 0 aliphatic carbocycles. The van der Waals surface area contributed by atoms with Crippen molar-refractivity contribution in [1.82, 2.24) is 24.2 Å². The first-order valence-electron chi connectivity index (χ1n) is 15.0. The van der Waals surface area contributed by atoms with Gasteiger partial charge in [-0.05, 0) is 66.5 Å². The molecule has 0 saturated carbocycles. The average molecular weight is 614 g/mol. The summed E-state index contributed by atoms with van der Waals surface area (Å²) in [4.78, 5) is 34.1. The Kier molecular flexibility index (Phi) is 9.04. The van der Waals surface area contributed by atoms with E-state index in [4.69, 9.17) is 4.98 Å². The molecule has 11 heteroatoms. The Bertz CT molecular complexity index is 1720. The van der Waals surface area contributed by atoms with Crippen LogP contribution in [0.5, 0.6) is 0 Å². The topological polar surface area (TPSA) is 129 Å². The van der Waals surface area contributed by atoms with Crippen LogP contribution in [0.15, 0.2) is 60.4 Å². The maximum absolute atomic E-state index is 13.5. The van der Waals surface area contributed by atoms with Gasteiger partial charge >= 0.3 is 0 Å². The van der Waals surface area contributed by atoms with Gasteiger partial charge in [0.15, 0.2) is 0 Å². The van der Waals surface area contributed by atoms with E-state index in [-0.39, 0.29) is 28.8 Å². The quantitative estimate of drug-likeness (QED) is 0.173. The zero-order chi connectivity index (χ0) is 31.6. The number of imidazole rings is 1. The van der Waals surface area contributed by atoms with Crippen molar-refractivity contribution >= 4 is 40.1 Å². The Hall–Kier alpha value is -4.27. The van der Waals surface area contributed by atoms with Crippen LogP contribution >= 0.6 is 11.3 Å². The van der Waals surface area contributed by atoms with Gasteiger partial charge in [0.2, 0.25) is 5.95 Å². The zero-order valence-corrected chi connectivity index (χ0v) is 26.6. The number of carbonyl (C=O) groups excluding carboxylic acids is 2. The fourth-order valence-corrected chi connectivity index (χ4v) is 6.43. The van der Waals surface area contributed by atoms with Gasteiger partial charge < -0.3 is 14.6 Å². The number of rotatable bonds is 9. The van der Waals surface area contributed by atoms with E-state index >= 15 is 0 Å². The van der Waals surface area contributed by atoms with Gasteiger partial charge in [-0.25, -0.2) is 9.67 Å². The van der Waals surface area contributed by atoms with E-state index in [0.29, 0.717) is 41.8 Å². The van der Waals surface area contributed by atoms with Crippen LogP contribution < -0.4 is 5.32 Å². The molecule has 5 rings (SSSR count). The molecule has 2 unspecified atom stereocenters. The van der Waals surface area contributed by atoms with Gasteiger partial charge in [0.05, 0.1) is 28.1 Å². The standard InChI is InChI=1S/C33H39N7O3S/c1-21(2)16-27(41)22-9-10-26-25(17-22)36-32(37-30(42)28-11-12-29(44-28)40-15-7-13-35-40)39(26)20-24-8-6-14-38(24)31(43)23(19-34)18-33(3,4)5/h7,9-13,15,17-18,21,24,27,41H,6,8,14,16,20H2,1-5H3,(H,36,37,42). The maximum atomic E-state index is 13.5. The Balaban J connectivity index is 1.48. The number of likely N-dealkylation sites (tertiary alicyclic amines) is 1. The largest absolute Gasteiger partial charge is 0.388 e. The van der Waals surface area contributed by atoms with Crippen LogP contribution in [0.4, 0.5) is 5.95 Å². The molecule has 1 aromatic carbocycles. The second-order valence-corrected chi connectivity index (χ2v) is 13.9. The molecule has 4 heterocycles. The third-order valence-electron chi connectivity index (χ3n) is 7.58. The Labute approximate surface area is 261 Å². The predicted molar refractivity (Wildman–Crippen MR) is 171 cm³/mol. The number of benzene rings is 1. The van der Waals surface area contributed by atoms with Crippen molar-refractivity contribution in [2.45, 2.75) is 72.6 Å². The second kappa shape index (κ2) is 12.8. The lowest BCUT2D eigenvalue weighted by Gasteiger charge is -2.26. The third kappa shape index (κ3) is 6.93. The number of nitriles is 1. The highest BCUT2D eigenvalue weighted by Crippen LogP contribution is 2.31. The van der Waals surface area contributed by atoms with Crippen LogP contribution in [0.3, 0.4) is 0 Å². The molecule has 4 aromatic rings. The fraction of sp³-hybridized carbons (Fsp3) is 0.424. The minimum absolute atomic E-state index is 0.142. The summed E-state index contributed by atoms with van der Waals surface area (Å²) in [5, 5.41) is 28.6. The minimum atomic E-state index is -0.628. The van der Waals surface area contributed by atoms with E-state index < -0.39 is 6.10 Å². The third-order valence-corrected chi connectivity index (χ3v) is 8.66. The molecule has 44 heavy (non-hydrogen) atoms. The summed E-state index contributed by atoms with van der Waals surface area (Å²) in [7, 11) is 0. The van der Waals surface area contributed by atoms with Crippen molar-refractivity contribution in [2.75, 3.05) is 11.9 Å². The molecule has 0 radical (unpaired) electrons. The van der Waals surface area contributed by atoms with Gasteiger partial charge in [0.1, 0.15) is 16.6 Å². The molecule has 1 aliphatic rings. The number of nitrogens with one attached hydrogen (secondary N) is 1. The number of nitrogens with zero attached hydrogens (tertiary/aromatic N) is 6. The number of fused-ring (bicyclic) bond motifs is 1. The van der Waals surface area contributed by atoms with Crippen LogP contribution in [0.1, 0.15) is 75.2 Å². The molecule has 2 amide bonds. The minimum Gasteiger partial charge on any atom is -0.388 e. The average Bonchev–Trinajstić information content (AvgIpc) is 3.77. The summed E-state index contributed by atoms with van der Waals surface area (Å²) < 4.78 is 3.64. The molecule has 1 fully saturated rings. The monoisotopic (exact) mass is 613 g/mol. The number of hydrogen-bond donors (Lipinski definition) is 2. The van der Waals surface area contributed by atoms with Gasteiger partial charge in [0, 0.05) is 25.5 Å². The van der Waals surface area contributed by atoms with E-state index in [1.165, 1.54) is 11.3 Å². The van der Waals surface area contributed by atoms with Gasteiger partial charge in [-0.3, -0.25) is 14.9 Å². The number of aliphatic hydroxyl groups excluding tert-OH is 1. The van der Waals surface area contributed by atoms with Crippen molar-refractivity contribution in [3.05, 3.63) is 70.9 Å². The number of aromatic nitrogens is 4. The zero-order valence-electron chi connectivity index (χ0n) is 25.8. The molecular weight excluding hydrogens is 574 g/mol. The molecular formula is C33H39N7O3S. The highest BCUT2D eigenvalue weighted by Gasteiger charge is 2.33. The smallest absolute Gasteiger partial charge is 0.268 e. The van der Waals surface area contributed by atoms with Gasteiger partial charge in [0.25, 0.3) is 11.8 Å². The molecule has 1 saturated heterocycles. The highest BCUT2D eigenvalue weighted by atomic mass is 32.1. The van der Waals surface area contributed by atoms with Crippen LogP contribution in [-0.2, 0) is 11.3 Å². The van der Waals surface area contributed by atoms with Crippen molar-refractivity contribution in [1.29, 1.82) is 5.26 Å². The predicted octanol–water partition coefficient (Wildman–Crippen LogP) is 6.10. The lowest BCUT2D eigenvalue weighted by Crippen LogP contribution is -2.39. The molecule has 230 valence electrons. The fourth-order valence-electron chi connectivity index (χ4n) is 5.59. The number of carbonyl (C=O) groups is 2. The summed E-state index contributed by atoms with van der Waals surface area (Å²) in [5.74, 6) is 0.106. The number of anilines is 1. The number of hydrogen-bond acceptors (Lipinski definition) is 7. The lowest BCUT2D eigenvalue weighted by molar-refractivity contribution is -0.127. The SMILES string of the molecule is CC(C)CC(O)c1ccc2c(c1)nc(NC(=O)c1ccc(-n3cccn3)s1)n2CC1CCCN1C(=O)C(C#N)=CC(C)(C)C. The van der Waals surface area contributed by atoms with E-state index in [1.807, 2.05) is 61.9 Å². The number of amides is 2. The van der Waals surface area contributed by atoms with Crippen LogP contribution in [0.25, 0.3) is 16.0 Å². The molecule has 1 aliphatic heterocycles. The Morgan fingerprint density at radius 2 is 2.05 bits per heavy atom. The maximum Gasteiger partial charge on any atom is 0.268 e. The van der Waals surface area contributed by atoms with E-state index in [0.717, 1.165) is 28.9 Å². The molecule has 0 spiro atoms. The van der Waals surface area contributed by atoms with Crippen molar-refractivity contribution in [2.24, 2.45) is 11.3 Å². The second-order valence-electron chi connectivity index (χ2n) is 12.8. The molecule has 10 nitrogen and oxygen atoms in total. The molecule has 2 atom stereocenters. The van der Waals surface area contributed by atoms with Gasteiger partial charge in [-0.2, -0.15) is 10.4 Å². The lowest BCUT2D eigenvalue weighted by atomic mass is 9.93. The first-order valence-corrected chi connectivity index (χ1v) is 15.8. The Morgan fingerprint density at radius 1 is 1.25 bits per heavy atom. The van der Waals surface area contributed by atoms with E-state index in [2.05, 4.69) is 30.3 Å².